The highest BCUT2D eigenvalue weighted by atomic mass is 32.2. The lowest BCUT2D eigenvalue weighted by atomic mass is 10.0. The van der Waals surface area contributed by atoms with Crippen LogP contribution in [0, 0.1) is 0 Å². The van der Waals surface area contributed by atoms with Crippen LogP contribution >= 0.6 is 0 Å². The topological polar surface area (TPSA) is 59.1 Å². The second-order valence-electron chi connectivity index (χ2n) is 5.43. The molecule has 114 valence electrons. The molecule has 0 amide bonds. The van der Waals surface area contributed by atoms with Crippen molar-refractivity contribution in [2.75, 3.05) is 12.8 Å². The van der Waals surface area contributed by atoms with Crippen LogP contribution in [0.3, 0.4) is 0 Å². The van der Waals surface area contributed by atoms with Gasteiger partial charge in [-0.15, -0.1) is 0 Å². The summed E-state index contributed by atoms with van der Waals surface area (Å²) >= 11 is 0. The van der Waals surface area contributed by atoms with Gasteiger partial charge in [0, 0.05) is 17.8 Å². The van der Waals surface area contributed by atoms with E-state index in [1.54, 1.807) is 13.1 Å². The summed E-state index contributed by atoms with van der Waals surface area (Å²) in [5.41, 5.74) is 1.84. The lowest BCUT2D eigenvalue weighted by Crippen LogP contribution is -2.35. The van der Waals surface area contributed by atoms with Gasteiger partial charge in [0.05, 0.1) is 16.8 Å². The minimum absolute atomic E-state index is 0.239. The number of sulfone groups is 1. The van der Waals surface area contributed by atoms with Crippen LogP contribution in [0.2, 0.25) is 0 Å². The Morgan fingerprint density at radius 2 is 2.00 bits per heavy atom. The highest BCUT2D eigenvalue weighted by Gasteiger charge is 2.27. The Morgan fingerprint density at radius 1 is 1.29 bits per heavy atom. The van der Waals surface area contributed by atoms with Crippen LogP contribution < -0.4 is 5.32 Å². The Labute approximate surface area is 126 Å². The first-order valence-corrected chi connectivity index (χ1v) is 9.16. The molecule has 0 fully saturated rings. The van der Waals surface area contributed by atoms with Crippen molar-refractivity contribution in [2.45, 2.75) is 31.6 Å². The first kappa shape index (κ1) is 15.9. The van der Waals surface area contributed by atoms with E-state index < -0.39 is 15.1 Å². The number of aromatic nitrogens is 1. The molecule has 4 nitrogen and oxygen atoms in total. The zero-order valence-corrected chi connectivity index (χ0v) is 13.5. The molecule has 0 aliphatic carbocycles. The number of rotatable bonds is 6. The molecule has 0 aliphatic heterocycles. The largest absolute Gasteiger partial charge is 0.309 e. The molecule has 2 atom stereocenters. The van der Waals surface area contributed by atoms with Gasteiger partial charge in [-0.1, -0.05) is 25.1 Å². The highest BCUT2D eigenvalue weighted by Crippen LogP contribution is 2.24. The van der Waals surface area contributed by atoms with Crippen LogP contribution in [0.15, 0.2) is 36.5 Å². The van der Waals surface area contributed by atoms with Gasteiger partial charge >= 0.3 is 0 Å². The summed E-state index contributed by atoms with van der Waals surface area (Å²) < 4.78 is 23.8. The van der Waals surface area contributed by atoms with Crippen LogP contribution in [-0.4, -0.2) is 31.5 Å². The number of hydrogen-bond donors (Lipinski definition) is 1. The molecule has 1 heterocycles. The average Bonchev–Trinajstić information content (AvgIpc) is 2.46. The molecular formula is C16H22N2O2S. The molecule has 2 unspecified atom stereocenters. The van der Waals surface area contributed by atoms with Gasteiger partial charge in [-0.25, -0.2) is 8.42 Å². The van der Waals surface area contributed by atoms with Crippen LogP contribution in [0.4, 0.5) is 0 Å². The molecule has 2 aromatic rings. The zero-order chi connectivity index (χ0) is 15.5. The molecule has 0 spiro atoms. The summed E-state index contributed by atoms with van der Waals surface area (Å²) in [6.45, 7) is 4.59. The quantitative estimate of drug-likeness (QED) is 0.891. The maximum atomic E-state index is 11.9. The number of para-hydroxylation sites is 1. The second kappa shape index (κ2) is 6.54. The van der Waals surface area contributed by atoms with Crippen molar-refractivity contribution >= 4 is 20.7 Å². The van der Waals surface area contributed by atoms with Gasteiger partial charge in [0.1, 0.15) is 0 Å². The third-order valence-electron chi connectivity index (χ3n) is 3.73. The SMILES string of the molecule is CCCNC(c1cnc2ccccc2c1)C(C)S(C)(=O)=O. The molecule has 1 aromatic heterocycles. The number of fused-ring (bicyclic) bond motifs is 1. The van der Waals surface area contributed by atoms with Gasteiger partial charge in [-0.05, 0) is 37.6 Å². The molecule has 2 rings (SSSR count). The molecule has 0 aliphatic rings. The van der Waals surface area contributed by atoms with Crippen molar-refractivity contribution in [3.63, 3.8) is 0 Å². The van der Waals surface area contributed by atoms with Crippen molar-refractivity contribution in [3.05, 3.63) is 42.1 Å². The fourth-order valence-electron chi connectivity index (χ4n) is 2.36. The lowest BCUT2D eigenvalue weighted by Gasteiger charge is -2.24. The van der Waals surface area contributed by atoms with E-state index in [0.29, 0.717) is 0 Å². The summed E-state index contributed by atoms with van der Waals surface area (Å²) in [5.74, 6) is 0. The van der Waals surface area contributed by atoms with Crippen LogP contribution in [0.5, 0.6) is 0 Å². The third-order valence-corrected chi connectivity index (χ3v) is 5.35. The van der Waals surface area contributed by atoms with Crippen LogP contribution in [0.25, 0.3) is 10.9 Å². The molecule has 21 heavy (non-hydrogen) atoms. The van der Waals surface area contributed by atoms with Crippen molar-refractivity contribution < 1.29 is 8.42 Å². The summed E-state index contributed by atoms with van der Waals surface area (Å²) in [7, 11) is -3.12. The monoisotopic (exact) mass is 306 g/mol. The number of pyridine rings is 1. The minimum Gasteiger partial charge on any atom is -0.309 e. The van der Waals surface area contributed by atoms with Gasteiger partial charge in [-0.3, -0.25) is 4.98 Å². The Morgan fingerprint density at radius 3 is 2.67 bits per heavy atom. The van der Waals surface area contributed by atoms with E-state index in [0.717, 1.165) is 29.4 Å². The smallest absolute Gasteiger partial charge is 0.151 e. The summed E-state index contributed by atoms with van der Waals surface area (Å²) in [6, 6.07) is 9.64. The third kappa shape index (κ3) is 3.80. The fraction of sp³-hybridized carbons (Fsp3) is 0.438. The number of benzene rings is 1. The van der Waals surface area contributed by atoms with Crippen LogP contribution in [-0.2, 0) is 9.84 Å². The van der Waals surface area contributed by atoms with Gasteiger partial charge in [0.2, 0.25) is 0 Å². The number of nitrogens with one attached hydrogen (secondary N) is 1. The Hall–Kier alpha value is -1.46. The molecule has 0 saturated heterocycles. The van der Waals surface area contributed by atoms with E-state index in [1.165, 1.54) is 6.26 Å². The number of nitrogens with zero attached hydrogens (tertiary/aromatic N) is 1. The molecule has 0 bridgehead atoms. The predicted molar refractivity (Wildman–Crippen MR) is 87.1 cm³/mol. The second-order valence-corrected chi connectivity index (χ2v) is 7.83. The maximum absolute atomic E-state index is 11.9. The van der Waals surface area contributed by atoms with Crippen LogP contribution in [0.1, 0.15) is 31.9 Å². The minimum atomic E-state index is -3.12. The van der Waals surface area contributed by atoms with E-state index in [9.17, 15) is 8.42 Å². The van der Waals surface area contributed by atoms with Crippen molar-refractivity contribution in [2.24, 2.45) is 0 Å². The zero-order valence-electron chi connectivity index (χ0n) is 12.7. The van der Waals surface area contributed by atoms with Crippen molar-refractivity contribution in [3.8, 4) is 0 Å². The van der Waals surface area contributed by atoms with E-state index in [4.69, 9.17) is 0 Å². The van der Waals surface area contributed by atoms with E-state index in [1.807, 2.05) is 30.3 Å². The molecule has 5 heteroatoms. The van der Waals surface area contributed by atoms with E-state index in [-0.39, 0.29) is 6.04 Å². The van der Waals surface area contributed by atoms with Crippen molar-refractivity contribution in [1.29, 1.82) is 0 Å². The predicted octanol–water partition coefficient (Wildman–Crippen LogP) is 2.71. The maximum Gasteiger partial charge on any atom is 0.151 e. The Bertz CT molecular complexity index is 713. The molecule has 0 saturated carbocycles. The standard InChI is InChI=1S/C16H22N2O2S/c1-4-9-17-16(12(2)21(3,19)20)14-10-13-7-5-6-8-15(13)18-11-14/h5-8,10-12,16-17H,4,9H2,1-3H3. The fourth-order valence-corrected chi connectivity index (χ4v) is 3.11. The molecule has 0 radical (unpaired) electrons. The lowest BCUT2D eigenvalue weighted by molar-refractivity contribution is 0.500. The summed E-state index contributed by atoms with van der Waals surface area (Å²) in [6.07, 6.45) is 4.01. The Balaban J connectivity index is 2.42. The molecule has 1 aromatic carbocycles. The number of hydrogen-bond acceptors (Lipinski definition) is 4. The highest BCUT2D eigenvalue weighted by molar-refractivity contribution is 7.91. The normalized spacial score (nSPS) is 15.0. The van der Waals surface area contributed by atoms with Gasteiger partial charge in [0.25, 0.3) is 0 Å². The van der Waals surface area contributed by atoms with Gasteiger partial charge in [0.15, 0.2) is 9.84 Å². The summed E-state index contributed by atoms with van der Waals surface area (Å²) in [4.78, 5) is 4.44. The first-order chi connectivity index (χ1) is 9.93. The molecule has 1 N–H and O–H groups in total. The molecular weight excluding hydrogens is 284 g/mol. The summed E-state index contributed by atoms with van der Waals surface area (Å²) in [5, 5.41) is 3.87. The Kier molecular flexibility index (Phi) is 4.96. The van der Waals surface area contributed by atoms with E-state index >= 15 is 0 Å². The van der Waals surface area contributed by atoms with Gasteiger partial charge < -0.3 is 5.32 Å². The first-order valence-electron chi connectivity index (χ1n) is 7.20. The average molecular weight is 306 g/mol. The van der Waals surface area contributed by atoms with Crippen molar-refractivity contribution in [1.82, 2.24) is 10.3 Å². The van der Waals surface area contributed by atoms with E-state index in [2.05, 4.69) is 17.2 Å². The van der Waals surface area contributed by atoms with Gasteiger partial charge in [-0.2, -0.15) is 0 Å².